The molecular formula is C9H11N3O2. The van der Waals surface area contributed by atoms with Crippen LogP contribution in [-0.4, -0.2) is 29.8 Å². The van der Waals surface area contributed by atoms with Gasteiger partial charge in [-0.2, -0.15) is 5.10 Å². The van der Waals surface area contributed by atoms with Gasteiger partial charge in [-0.25, -0.2) is 4.79 Å². The molecule has 0 saturated heterocycles. The van der Waals surface area contributed by atoms with Crippen LogP contribution in [0.4, 0.5) is 0 Å². The summed E-state index contributed by atoms with van der Waals surface area (Å²) in [6.07, 6.45) is 0.865. The van der Waals surface area contributed by atoms with Crippen molar-refractivity contribution in [3.63, 3.8) is 0 Å². The van der Waals surface area contributed by atoms with Gasteiger partial charge in [-0.3, -0.25) is 0 Å². The highest BCUT2D eigenvalue weighted by atomic mass is 16.5. The molecule has 0 amide bonds. The number of esters is 1. The average molecular weight is 193 g/mol. The van der Waals surface area contributed by atoms with Crippen LogP contribution in [0.2, 0.25) is 0 Å². The highest BCUT2D eigenvalue weighted by molar-refractivity contribution is 5.87. The fraction of sp³-hybridized carbons (Fsp3) is 0.444. The SMILES string of the molecule is COC(=O)c1cc2c(nn1)CCNC2. The van der Waals surface area contributed by atoms with Gasteiger partial charge >= 0.3 is 5.97 Å². The monoisotopic (exact) mass is 193 g/mol. The Hall–Kier alpha value is -1.49. The summed E-state index contributed by atoms with van der Waals surface area (Å²) in [5, 5.41) is 11.0. The van der Waals surface area contributed by atoms with E-state index in [1.165, 1.54) is 7.11 Å². The zero-order valence-corrected chi connectivity index (χ0v) is 7.91. The number of carbonyl (C=O) groups is 1. The first kappa shape index (κ1) is 9.08. The Balaban J connectivity index is 2.33. The molecular weight excluding hydrogens is 182 g/mol. The quantitative estimate of drug-likeness (QED) is 0.631. The van der Waals surface area contributed by atoms with Crippen molar-refractivity contribution in [2.45, 2.75) is 13.0 Å². The van der Waals surface area contributed by atoms with Gasteiger partial charge in [-0.15, -0.1) is 5.10 Å². The number of nitrogens with one attached hydrogen (secondary N) is 1. The lowest BCUT2D eigenvalue weighted by Crippen LogP contribution is -2.25. The lowest BCUT2D eigenvalue weighted by Gasteiger charge is -2.15. The van der Waals surface area contributed by atoms with E-state index in [2.05, 4.69) is 20.3 Å². The number of aromatic nitrogens is 2. The van der Waals surface area contributed by atoms with Crippen LogP contribution in [0.5, 0.6) is 0 Å². The minimum Gasteiger partial charge on any atom is -0.464 e. The van der Waals surface area contributed by atoms with E-state index in [1.807, 2.05) is 0 Å². The lowest BCUT2D eigenvalue weighted by atomic mass is 10.1. The van der Waals surface area contributed by atoms with Gasteiger partial charge in [-0.1, -0.05) is 0 Å². The van der Waals surface area contributed by atoms with Gasteiger partial charge in [0.15, 0.2) is 5.69 Å². The predicted molar refractivity (Wildman–Crippen MR) is 48.8 cm³/mol. The maximum Gasteiger partial charge on any atom is 0.358 e. The number of ether oxygens (including phenoxy) is 1. The van der Waals surface area contributed by atoms with Gasteiger partial charge in [-0.05, 0) is 11.6 Å². The van der Waals surface area contributed by atoms with E-state index in [9.17, 15) is 4.79 Å². The van der Waals surface area contributed by atoms with E-state index in [1.54, 1.807) is 6.07 Å². The van der Waals surface area contributed by atoms with Gasteiger partial charge in [0.05, 0.1) is 12.8 Å². The van der Waals surface area contributed by atoms with Crippen LogP contribution in [0.3, 0.4) is 0 Å². The first-order valence-electron chi connectivity index (χ1n) is 4.46. The minimum absolute atomic E-state index is 0.273. The lowest BCUT2D eigenvalue weighted by molar-refractivity contribution is 0.0592. The summed E-state index contributed by atoms with van der Waals surface area (Å²) >= 11 is 0. The number of hydrogen-bond donors (Lipinski definition) is 1. The Morgan fingerprint density at radius 3 is 3.21 bits per heavy atom. The van der Waals surface area contributed by atoms with E-state index in [4.69, 9.17) is 0 Å². The molecule has 1 aromatic rings. The largest absolute Gasteiger partial charge is 0.464 e. The Morgan fingerprint density at radius 1 is 1.57 bits per heavy atom. The molecule has 2 heterocycles. The molecule has 0 spiro atoms. The van der Waals surface area contributed by atoms with Crippen LogP contribution in [0.25, 0.3) is 0 Å². The first-order chi connectivity index (χ1) is 6.81. The molecule has 2 rings (SSSR count). The molecule has 1 aromatic heterocycles. The van der Waals surface area contributed by atoms with Crippen LogP contribution in [0, 0.1) is 0 Å². The summed E-state index contributed by atoms with van der Waals surface area (Å²) in [6.45, 7) is 1.66. The van der Waals surface area contributed by atoms with E-state index in [0.717, 1.165) is 30.8 Å². The molecule has 0 saturated carbocycles. The second kappa shape index (κ2) is 3.71. The second-order valence-corrected chi connectivity index (χ2v) is 3.12. The number of carbonyl (C=O) groups excluding carboxylic acids is 1. The normalized spacial score (nSPS) is 14.6. The zero-order chi connectivity index (χ0) is 9.97. The molecule has 5 heteroatoms. The summed E-state index contributed by atoms with van der Waals surface area (Å²) < 4.78 is 4.57. The van der Waals surface area contributed by atoms with Crippen LogP contribution >= 0.6 is 0 Å². The van der Waals surface area contributed by atoms with Crippen LogP contribution in [0.15, 0.2) is 6.07 Å². The topological polar surface area (TPSA) is 64.1 Å². The maximum atomic E-state index is 11.2. The van der Waals surface area contributed by atoms with Crippen molar-refractivity contribution in [3.05, 3.63) is 23.0 Å². The molecule has 1 N–H and O–H groups in total. The van der Waals surface area contributed by atoms with Crippen molar-refractivity contribution >= 4 is 5.97 Å². The molecule has 0 unspecified atom stereocenters. The molecule has 0 atom stereocenters. The summed E-state index contributed by atoms with van der Waals surface area (Å²) in [5.74, 6) is -0.439. The molecule has 0 radical (unpaired) electrons. The maximum absolute atomic E-state index is 11.2. The Morgan fingerprint density at radius 2 is 2.43 bits per heavy atom. The Bertz CT molecular complexity index is 365. The van der Waals surface area contributed by atoms with Crippen molar-refractivity contribution in [2.75, 3.05) is 13.7 Å². The zero-order valence-electron chi connectivity index (χ0n) is 7.91. The minimum atomic E-state index is -0.439. The van der Waals surface area contributed by atoms with Crippen molar-refractivity contribution in [1.82, 2.24) is 15.5 Å². The second-order valence-electron chi connectivity index (χ2n) is 3.12. The third-order valence-electron chi connectivity index (χ3n) is 2.21. The molecule has 14 heavy (non-hydrogen) atoms. The van der Waals surface area contributed by atoms with Crippen LogP contribution in [-0.2, 0) is 17.7 Å². The molecule has 5 nitrogen and oxygen atoms in total. The van der Waals surface area contributed by atoms with Crippen molar-refractivity contribution in [2.24, 2.45) is 0 Å². The average Bonchev–Trinajstić information content (AvgIpc) is 2.27. The Labute approximate surface area is 81.5 Å². The van der Waals surface area contributed by atoms with Crippen molar-refractivity contribution < 1.29 is 9.53 Å². The molecule has 1 aliphatic rings. The van der Waals surface area contributed by atoms with Crippen molar-refractivity contribution in [1.29, 1.82) is 0 Å². The van der Waals surface area contributed by atoms with Gasteiger partial charge in [0.25, 0.3) is 0 Å². The van der Waals surface area contributed by atoms with Gasteiger partial charge in [0.1, 0.15) is 0 Å². The van der Waals surface area contributed by atoms with Gasteiger partial charge in [0.2, 0.25) is 0 Å². The fourth-order valence-electron chi connectivity index (χ4n) is 1.45. The molecule has 1 aliphatic heterocycles. The van der Waals surface area contributed by atoms with E-state index in [-0.39, 0.29) is 5.69 Å². The van der Waals surface area contributed by atoms with Crippen LogP contribution in [0.1, 0.15) is 21.7 Å². The highest BCUT2D eigenvalue weighted by Gasteiger charge is 2.15. The van der Waals surface area contributed by atoms with Gasteiger partial charge in [0, 0.05) is 19.5 Å². The van der Waals surface area contributed by atoms with E-state index in [0.29, 0.717) is 0 Å². The van der Waals surface area contributed by atoms with Gasteiger partial charge < -0.3 is 10.1 Å². The number of fused-ring (bicyclic) bond motifs is 1. The number of hydrogen-bond acceptors (Lipinski definition) is 5. The van der Waals surface area contributed by atoms with E-state index < -0.39 is 5.97 Å². The first-order valence-corrected chi connectivity index (χ1v) is 4.46. The summed E-state index contributed by atoms with van der Waals surface area (Å²) in [4.78, 5) is 11.2. The molecule has 0 aliphatic carbocycles. The summed E-state index contributed by atoms with van der Waals surface area (Å²) in [7, 11) is 1.34. The standard InChI is InChI=1S/C9H11N3O2/c1-14-9(13)8-4-6-5-10-3-2-7(6)11-12-8/h4,10H,2-3,5H2,1H3. The fourth-order valence-corrected chi connectivity index (χ4v) is 1.45. The molecule has 0 bridgehead atoms. The Kier molecular flexibility index (Phi) is 2.41. The molecule has 74 valence electrons. The number of rotatable bonds is 1. The molecule has 0 fully saturated rings. The third-order valence-corrected chi connectivity index (χ3v) is 2.21. The smallest absolute Gasteiger partial charge is 0.358 e. The summed E-state index contributed by atoms with van der Waals surface area (Å²) in [6, 6.07) is 1.74. The number of nitrogens with zero attached hydrogens (tertiary/aromatic N) is 2. The van der Waals surface area contributed by atoms with Crippen molar-refractivity contribution in [3.8, 4) is 0 Å². The van der Waals surface area contributed by atoms with E-state index >= 15 is 0 Å². The third kappa shape index (κ3) is 1.58. The highest BCUT2D eigenvalue weighted by Crippen LogP contribution is 2.11. The van der Waals surface area contributed by atoms with Crippen LogP contribution < -0.4 is 5.32 Å². The number of methoxy groups -OCH3 is 1. The summed E-state index contributed by atoms with van der Waals surface area (Å²) in [5.41, 5.74) is 2.28. The molecule has 0 aromatic carbocycles. The predicted octanol–water partition coefficient (Wildman–Crippen LogP) is -0.0911.